The Kier molecular flexibility index (Phi) is 3.15. The zero-order valence-corrected chi connectivity index (χ0v) is 8.89. The van der Waals surface area contributed by atoms with Gasteiger partial charge in [0.05, 0.1) is 6.10 Å². The molecule has 0 fully saturated rings. The summed E-state index contributed by atoms with van der Waals surface area (Å²) in [6.07, 6.45) is 0.213. The van der Waals surface area contributed by atoms with E-state index in [0.29, 0.717) is 0 Å². The van der Waals surface area contributed by atoms with E-state index in [9.17, 15) is 0 Å². The summed E-state index contributed by atoms with van der Waals surface area (Å²) in [6, 6.07) is 5.79. The second-order valence-electron chi connectivity index (χ2n) is 2.92. The van der Waals surface area contributed by atoms with Crippen LogP contribution in [0.25, 0.3) is 0 Å². The van der Waals surface area contributed by atoms with Crippen molar-refractivity contribution in [2.45, 2.75) is 20.0 Å². The van der Waals surface area contributed by atoms with Crippen LogP contribution in [0.1, 0.15) is 19.4 Å². The molecule has 0 aromatic heterocycles. The minimum absolute atomic E-state index is 0.213. The predicted octanol–water partition coefficient (Wildman–Crippen LogP) is 3.42. The molecule has 2 heteroatoms. The SMILES string of the molecule is [CH2]c1cc(OC(C)C)ccc1Br. The summed E-state index contributed by atoms with van der Waals surface area (Å²) in [5, 5.41) is 0. The zero-order chi connectivity index (χ0) is 9.14. The first-order valence-electron chi connectivity index (χ1n) is 3.88. The Hall–Kier alpha value is -0.500. The molecule has 0 heterocycles. The number of hydrogen-bond donors (Lipinski definition) is 0. The van der Waals surface area contributed by atoms with Crippen LogP contribution < -0.4 is 4.74 Å². The minimum Gasteiger partial charge on any atom is -0.491 e. The zero-order valence-electron chi connectivity index (χ0n) is 7.30. The van der Waals surface area contributed by atoms with Crippen molar-refractivity contribution in [3.8, 4) is 5.75 Å². The van der Waals surface area contributed by atoms with Crippen molar-refractivity contribution in [1.82, 2.24) is 0 Å². The monoisotopic (exact) mass is 227 g/mol. The molecule has 0 N–H and O–H groups in total. The number of ether oxygens (including phenoxy) is 1. The van der Waals surface area contributed by atoms with Gasteiger partial charge in [0, 0.05) is 4.47 Å². The first kappa shape index (κ1) is 9.59. The third-order valence-corrected chi connectivity index (χ3v) is 2.16. The lowest BCUT2D eigenvalue weighted by Crippen LogP contribution is -2.05. The van der Waals surface area contributed by atoms with E-state index in [2.05, 4.69) is 22.9 Å². The molecule has 0 amide bonds. The molecule has 0 aliphatic rings. The number of benzene rings is 1. The molecule has 12 heavy (non-hydrogen) atoms. The number of halogens is 1. The van der Waals surface area contributed by atoms with E-state index in [1.165, 1.54) is 0 Å². The maximum Gasteiger partial charge on any atom is 0.120 e. The maximum absolute atomic E-state index is 5.49. The van der Waals surface area contributed by atoms with E-state index in [-0.39, 0.29) is 6.10 Å². The second kappa shape index (κ2) is 3.94. The first-order chi connectivity index (χ1) is 5.59. The Morgan fingerprint density at radius 1 is 1.42 bits per heavy atom. The summed E-state index contributed by atoms with van der Waals surface area (Å²) in [6.45, 7) is 7.87. The van der Waals surface area contributed by atoms with Crippen LogP contribution in [-0.2, 0) is 0 Å². The highest BCUT2D eigenvalue weighted by Gasteiger charge is 1.99. The summed E-state index contributed by atoms with van der Waals surface area (Å²) in [7, 11) is 0. The Labute approximate surface area is 81.9 Å². The van der Waals surface area contributed by atoms with Crippen LogP contribution in [0.4, 0.5) is 0 Å². The van der Waals surface area contributed by atoms with Crippen LogP contribution in [0.2, 0.25) is 0 Å². The van der Waals surface area contributed by atoms with Gasteiger partial charge < -0.3 is 4.74 Å². The van der Waals surface area contributed by atoms with E-state index < -0.39 is 0 Å². The third kappa shape index (κ3) is 2.52. The topological polar surface area (TPSA) is 9.23 Å². The molecule has 0 aliphatic carbocycles. The molecular weight excluding hydrogens is 216 g/mol. The smallest absolute Gasteiger partial charge is 0.120 e. The lowest BCUT2D eigenvalue weighted by Gasteiger charge is -2.10. The highest BCUT2D eigenvalue weighted by atomic mass is 79.9. The molecule has 0 bridgehead atoms. The van der Waals surface area contributed by atoms with Gasteiger partial charge in [-0.2, -0.15) is 0 Å². The van der Waals surface area contributed by atoms with Gasteiger partial charge in [-0.1, -0.05) is 15.9 Å². The molecule has 1 radical (unpaired) electrons. The fraction of sp³-hybridized carbons (Fsp3) is 0.300. The van der Waals surface area contributed by atoms with Crippen molar-refractivity contribution in [3.63, 3.8) is 0 Å². The van der Waals surface area contributed by atoms with Crippen molar-refractivity contribution in [3.05, 3.63) is 35.2 Å². The molecule has 1 nitrogen and oxygen atoms in total. The first-order valence-corrected chi connectivity index (χ1v) is 4.67. The average Bonchev–Trinajstić information content (AvgIpc) is 1.96. The summed E-state index contributed by atoms with van der Waals surface area (Å²) in [5.74, 6) is 0.873. The lowest BCUT2D eigenvalue weighted by atomic mass is 10.2. The van der Waals surface area contributed by atoms with Gasteiger partial charge in [0.1, 0.15) is 5.75 Å². The van der Waals surface area contributed by atoms with Crippen LogP contribution >= 0.6 is 15.9 Å². The number of hydrogen-bond acceptors (Lipinski definition) is 1. The van der Waals surface area contributed by atoms with E-state index in [4.69, 9.17) is 4.74 Å². The molecule has 0 unspecified atom stereocenters. The van der Waals surface area contributed by atoms with Crippen LogP contribution in [0, 0.1) is 6.92 Å². The van der Waals surface area contributed by atoms with E-state index in [0.717, 1.165) is 15.8 Å². The molecule has 0 saturated heterocycles. The standard InChI is InChI=1S/C10H12BrO/c1-7(2)12-9-4-5-10(11)8(3)6-9/h4-7H,3H2,1-2H3. The van der Waals surface area contributed by atoms with E-state index >= 15 is 0 Å². The van der Waals surface area contributed by atoms with Gasteiger partial charge >= 0.3 is 0 Å². The molecule has 0 atom stereocenters. The molecule has 0 spiro atoms. The number of rotatable bonds is 2. The van der Waals surface area contributed by atoms with Crippen molar-refractivity contribution >= 4 is 15.9 Å². The van der Waals surface area contributed by atoms with Gasteiger partial charge in [0.25, 0.3) is 0 Å². The Bertz CT molecular complexity index is 269. The highest BCUT2D eigenvalue weighted by molar-refractivity contribution is 9.10. The summed E-state index contributed by atoms with van der Waals surface area (Å²) < 4.78 is 6.50. The molecule has 0 saturated carbocycles. The van der Waals surface area contributed by atoms with E-state index in [1.54, 1.807) is 0 Å². The largest absolute Gasteiger partial charge is 0.491 e. The van der Waals surface area contributed by atoms with Gasteiger partial charge in [0.15, 0.2) is 0 Å². The van der Waals surface area contributed by atoms with E-state index in [1.807, 2.05) is 32.0 Å². The van der Waals surface area contributed by atoms with Gasteiger partial charge in [-0.05, 0) is 44.5 Å². The van der Waals surface area contributed by atoms with Gasteiger partial charge in [-0.15, -0.1) is 0 Å². The maximum atomic E-state index is 5.49. The van der Waals surface area contributed by atoms with Crippen LogP contribution in [0.3, 0.4) is 0 Å². The Morgan fingerprint density at radius 2 is 2.08 bits per heavy atom. The third-order valence-electron chi connectivity index (χ3n) is 1.39. The summed E-state index contributed by atoms with van der Waals surface area (Å²) in [5.41, 5.74) is 0.952. The quantitative estimate of drug-likeness (QED) is 0.753. The second-order valence-corrected chi connectivity index (χ2v) is 3.77. The van der Waals surface area contributed by atoms with Crippen molar-refractivity contribution < 1.29 is 4.74 Å². The molecule has 65 valence electrons. The van der Waals surface area contributed by atoms with Crippen molar-refractivity contribution in [2.24, 2.45) is 0 Å². The van der Waals surface area contributed by atoms with Crippen LogP contribution in [0.15, 0.2) is 22.7 Å². The normalized spacial score (nSPS) is 10.4. The van der Waals surface area contributed by atoms with Crippen molar-refractivity contribution in [2.75, 3.05) is 0 Å². The van der Waals surface area contributed by atoms with Crippen LogP contribution in [0.5, 0.6) is 5.75 Å². The van der Waals surface area contributed by atoms with Crippen LogP contribution in [-0.4, -0.2) is 6.10 Å². The van der Waals surface area contributed by atoms with Gasteiger partial charge in [0.2, 0.25) is 0 Å². The molecule has 0 aliphatic heterocycles. The highest BCUT2D eigenvalue weighted by Crippen LogP contribution is 2.22. The van der Waals surface area contributed by atoms with Gasteiger partial charge in [-0.3, -0.25) is 0 Å². The van der Waals surface area contributed by atoms with Crippen molar-refractivity contribution in [1.29, 1.82) is 0 Å². The minimum atomic E-state index is 0.213. The molecule has 1 aromatic carbocycles. The lowest BCUT2D eigenvalue weighted by molar-refractivity contribution is 0.242. The predicted molar refractivity (Wildman–Crippen MR) is 54.4 cm³/mol. The Balaban J connectivity index is 2.82. The molecule has 1 rings (SSSR count). The molecule has 1 aromatic rings. The summed E-state index contributed by atoms with van der Waals surface area (Å²) in [4.78, 5) is 0. The van der Waals surface area contributed by atoms with Gasteiger partial charge in [-0.25, -0.2) is 0 Å². The molecular formula is C10H12BrO. The fourth-order valence-electron chi connectivity index (χ4n) is 0.897. The summed E-state index contributed by atoms with van der Waals surface area (Å²) >= 11 is 3.38. The fourth-order valence-corrected chi connectivity index (χ4v) is 1.14. The Morgan fingerprint density at radius 3 is 2.58 bits per heavy atom. The average molecular weight is 228 g/mol.